The summed E-state index contributed by atoms with van der Waals surface area (Å²) in [6.45, 7) is 17.7. The predicted octanol–water partition coefficient (Wildman–Crippen LogP) is 9.13. The molecule has 0 spiro atoms. The summed E-state index contributed by atoms with van der Waals surface area (Å²) in [5.74, 6) is 1.82. The van der Waals surface area contributed by atoms with Gasteiger partial charge in [0.05, 0.1) is 0 Å². The molecule has 3 heterocycles. The molecule has 246 valence electrons. The SMILES string of the molecule is C=C1NCc2cc(N3CCN(CC4CCN(c5ccc(C6C(CC/C(C)=C\C)=CCCC6c6ccccc6)cc5)CC4)CC3)ccc21. The Kier molecular flexibility index (Phi) is 9.86. The van der Waals surface area contributed by atoms with Crippen LogP contribution in [-0.2, 0) is 6.54 Å². The van der Waals surface area contributed by atoms with E-state index in [1.807, 2.05) is 0 Å². The fraction of sp³-hybridized carbons (Fsp3) is 0.442. The molecule has 0 aromatic heterocycles. The zero-order valence-electron chi connectivity index (χ0n) is 28.8. The molecule has 4 nitrogen and oxygen atoms in total. The molecule has 7 rings (SSSR count). The maximum atomic E-state index is 4.13. The number of hydrogen-bond acceptors (Lipinski definition) is 4. The second-order valence-corrected chi connectivity index (χ2v) is 14.5. The van der Waals surface area contributed by atoms with E-state index in [2.05, 4.69) is 125 Å². The molecule has 1 N–H and O–H groups in total. The smallest absolute Gasteiger partial charge is 0.0408 e. The Balaban J connectivity index is 0.935. The van der Waals surface area contributed by atoms with Gasteiger partial charge in [0.2, 0.25) is 0 Å². The van der Waals surface area contributed by atoms with Crippen LogP contribution in [-0.4, -0.2) is 50.7 Å². The van der Waals surface area contributed by atoms with E-state index in [4.69, 9.17) is 0 Å². The summed E-state index contributed by atoms with van der Waals surface area (Å²) < 4.78 is 0. The quantitative estimate of drug-likeness (QED) is 0.239. The van der Waals surface area contributed by atoms with E-state index in [9.17, 15) is 0 Å². The summed E-state index contributed by atoms with van der Waals surface area (Å²) in [5.41, 5.74) is 12.6. The van der Waals surface area contributed by atoms with Gasteiger partial charge >= 0.3 is 0 Å². The summed E-state index contributed by atoms with van der Waals surface area (Å²) in [5, 5.41) is 3.39. The van der Waals surface area contributed by atoms with Gasteiger partial charge in [-0.3, -0.25) is 4.90 Å². The molecule has 4 heteroatoms. The third-order valence-electron chi connectivity index (χ3n) is 11.6. The van der Waals surface area contributed by atoms with Gasteiger partial charge in [0.25, 0.3) is 0 Å². The van der Waals surface area contributed by atoms with Gasteiger partial charge in [0.15, 0.2) is 0 Å². The molecule has 0 saturated carbocycles. The van der Waals surface area contributed by atoms with E-state index in [1.165, 1.54) is 97.6 Å². The fourth-order valence-electron chi connectivity index (χ4n) is 8.58. The monoisotopic (exact) mass is 626 g/mol. The molecule has 3 aliphatic heterocycles. The maximum absolute atomic E-state index is 4.13. The van der Waals surface area contributed by atoms with Gasteiger partial charge in [-0.25, -0.2) is 0 Å². The minimum absolute atomic E-state index is 0.468. The molecule has 3 aromatic rings. The molecule has 3 aromatic carbocycles. The summed E-state index contributed by atoms with van der Waals surface area (Å²) in [4.78, 5) is 7.93. The first-order chi connectivity index (χ1) is 23.1. The minimum Gasteiger partial charge on any atom is -0.381 e. The van der Waals surface area contributed by atoms with Crippen LogP contribution in [0, 0.1) is 5.92 Å². The molecule has 2 unspecified atom stereocenters. The molecular weight excluding hydrogens is 573 g/mol. The maximum Gasteiger partial charge on any atom is 0.0408 e. The topological polar surface area (TPSA) is 21.8 Å². The Hall–Kier alpha value is -3.76. The highest BCUT2D eigenvalue weighted by molar-refractivity contribution is 5.71. The van der Waals surface area contributed by atoms with E-state index >= 15 is 0 Å². The Morgan fingerprint density at radius 1 is 0.830 bits per heavy atom. The van der Waals surface area contributed by atoms with E-state index in [1.54, 1.807) is 5.57 Å². The highest BCUT2D eigenvalue weighted by Gasteiger charge is 2.31. The van der Waals surface area contributed by atoms with Crippen molar-refractivity contribution in [1.29, 1.82) is 0 Å². The number of nitrogens with one attached hydrogen (secondary N) is 1. The number of benzene rings is 3. The van der Waals surface area contributed by atoms with Crippen LogP contribution in [0.4, 0.5) is 11.4 Å². The second kappa shape index (κ2) is 14.6. The van der Waals surface area contributed by atoms with Crippen molar-refractivity contribution in [2.45, 2.75) is 70.8 Å². The van der Waals surface area contributed by atoms with Gasteiger partial charge in [-0.1, -0.05) is 78.4 Å². The Morgan fingerprint density at radius 2 is 1.55 bits per heavy atom. The molecule has 2 atom stereocenters. The standard InChI is InChI=1S/C43H54N4/c1-4-32(2)13-14-36-11-8-12-42(35-9-6-5-7-10-35)43(36)37-15-17-39(18-16-37)46-23-21-34(22-24-46)31-45-25-27-47(28-26-45)40-19-20-41-33(3)44-30-38(41)29-40/h4-7,9-11,15-20,29,34,42-44H,3,8,12-14,21-28,30-31H2,1-2H3/b32-4-. The van der Waals surface area contributed by atoms with Crippen molar-refractivity contribution in [2.75, 3.05) is 55.6 Å². The van der Waals surface area contributed by atoms with E-state index < -0.39 is 0 Å². The van der Waals surface area contributed by atoms with Gasteiger partial charge in [-0.05, 0) is 105 Å². The summed E-state index contributed by atoms with van der Waals surface area (Å²) in [6.07, 6.45) is 12.2. The molecular formula is C43H54N4. The molecule has 0 radical (unpaired) electrons. The van der Waals surface area contributed by atoms with Crippen molar-refractivity contribution < 1.29 is 0 Å². The number of anilines is 2. The molecule has 2 fully saturated rings. The second-order valence-electron chi connectivity index (χ2n) is 14.5. The number of piperazine rings is 1. The molecule has 1 aliphatic carbocycles. The van der Waals surface area contributed by atoms with Crippen LogP contribution >= 0.6 is 0 Å². The molecule has 2 saturated heterocycles. The number of rotatable bonds is 9. The molecule has 0 bridgehead atoms. The molecule has 47 heavy (non-hydrogen) atoms. The van der Waals surface area contributed by atoms with Crippen molar-refractivity contribution in [2.24, 2.45) is 5.92 Å². The number of nitrogens with zero attached hydrogens (tertiary/aromatic N) is 3. The third kappa shape index (κ3) is 7.23. The van der Waals surface area contributed by atoms with Crippen LogP contribution in [0.15, 0.2) is 103 Å². The van der Waals surface area contributed by atoms with Crippen LogP contribution in [0.5, 0.6) is 0 Å². The van der Waals surface area contributed by atoms with Gasteiger partial charge in [0.1, 0.15) is 0 Å². The van der Waals surface area contributed by atoms with E-state index in [-0.39, 0.29) is 0 Å². The first-order valence-electron chi connectivity index (χ1n) is 18.3. The average Bonchev–Trinajstić information content (AvgIpc) is 3.51. The average molecular weight is 627 g/mol. The first-order valence-corrected chi connectivity index (χ1v) is 18.3. The molecule has 0 amide bonds. The van der Waals surface area contributed by atoms with Gasteiger partial charge < -0.3 is 15.1 Å². The lowest BCUT2D eigenvalue weighted by molar-refractivity contribution is 0.201. The van der Waals surface area contributed by atoms with Crippen LogP contribution in [0.25, 0.3) is 5.70 Å². The lowest BCUT2D eigenvalue weighted by Crippen LogP contribution is -2.49. The number of hydrogen-bond donors (Lipinski definition) is 1. The van der Waals surface area contributed by atoms with Gasteiger partial charge in [0, 0.05) is 80.9 Å². The van der Waals surface area contributed by atoms with Crippen molar-refractivity contribution >= 4 is 17.1 Å². The third-order valence-corrected chi connectivity index (χ3v) is 11.6. The Morgan fingerprint density at radius 3 is 2.30 bits per heavy atom. The van der Waals surface area contributed by atoms with Crippen molar-refractivity contribution in [3.63, 3.8) is 0 Å². The van der Waals surface area contributed by atoms with Crippen molar-refractivity contribution in [1.82, 2.24) is 10.2 Å². The fourth-order valence-corrected chi connectivity index (χ4v) is 8.58. The first kappa shape index (κ1) is 31.8. The largest absolute Gasteiger partial charge is 0.381 e. The zero-order valence-corrected chi connectivity index (χ0v) is 28.8. The van der Waals surface area contributed by atoms with Crippen LogP contribution in [0.3, 0.4) is 0 Å². The van der Waals surface area contributed by atoms with Crippen molar-refractivity contribution in [3.8, 4) is 0 Å². The van der Waals surface area contributed by atoms with Crippen LogP contribution in [0.2, 0.25) is 0 Å². The lowest BCUT2D eigenvalue weighted by Gasteiger charge is -2.40. The number of piperidine rings is 1. The van der Waals surface area contributed by atoms with Crippen LogP contribution < -0.4 is 15.1 Å². The number of allylic oxidation sites excluding steroid dienone is 4. The van der Waals surface area contributed by atoms with Crippen molar-refractivity contribution in [3.05, 3.63) is 125 Å². The predicted molar refractivity (Wildman–Crippen MR) is 200 cm³/mol. The van der Waals surface area contributed by atoms with Gasteiger partial charge in [-0.2, -0.15) is 0 Å². The zero-order chi connectivity index (χ0) is 32.2. The van der Waals surface area contributed by atoms with E-state index in [0.29, 0.717) is 11.8 Å². The lowest BCUT2D eigenvalue weighted by atomic mass is 9.70. The van der Waals surface area contributed by atoms with E-state index in [0.717, 1.165) is 44.1 Å². The number of fused-ring (bicyclic) bond motifs is 1. The Bertz CT molecular complexity index is 1570. The van der Waals surface area contributed by atoms with Gasteiger partial charge in [-0.15, -0.1) is 0 Å². The highest BCUT2D eigenvalue weighted by Crippen LogP contribution is 2.47. The summed E-state index contributed by atoms with van der Waals surface area (Å²) in [6, 6.07) is 27.9. The summed E-state index contributed by atoms with van der Waals surface area (Å²) >= 11 is 0. The highest BCUT2D eigenvalue weighted by atomic mass is 15.3. The minimum atomic E-state index is 0.468. The summed E-state index contributed by atoms with van der Waals surface area (Å²) in [7, 11) is 0. The van der Waals surface area contributed by atoms with Crippen LogP contribution in [0.1, 0.15) is 86.5 Å². The Labute approximate surface area is 283 Å². The normalized spacial score (nSPS) is 22.6. The molecule has 4 aliphatic rings.